The standard InChI is InChI=1S/C18H28N2O3/c1-14(2)8-10-20-18(21)19-9-4-3-5-15-6-7-16-17(13-15)23-12-11-22-16/h6-7,13-14H,3-5,8-12H2,1-2H3,(H2,19,20,21). The molecule has 23 heavy (non-hydrogen) atoms. The van der Waals surface area contributed by atoms with Gasteiger partial charge >= 0.3 is 6.03 Å². The first-order chi connectivity index (χ1) is 11.1. The predicted molar refractivity (Wildman–Crippen MR) is 91.2 cm³/mol. The number of benzene rings is 1. The average molecular weight is 320 g/mol. The van der Waals surface area contributed by atoms with Crippen LogP contribution in [0, 0.1) is 5.92 Å². The van der Waals surface area contributed by atoms with Crippen molar-refractivity contribution in [3.8, 4) is 11.5 Å². The summed E-state index contributed by atoms with van der Waals surface area (Å²) in [5.74, 6) is 2.29. The molecule has 1 aromatic carbocycles. The van der Waals surface area contributed by atoms with E-state index in [0.29, 0.717) is 25.7 Å². The van der Waals surface area contributed by atoms with Crippen molar-refractivity contribution >= 4 is 6.03 Å². The number of unbranched alkanes of at least 4 members (excludes halogenated alkanes) is 1. The maximum Gasteiger partial charge on any atom is 0.314 e. The molecular weight excluding hydrogens is 292 g/mol. The van der Waals surface area contributed by atoms with Crippen LogP contribution in [0.3, 0.4) is 0 Å². The summed E-state index contributed by atoms with van der Waals surface area (Å²) in [6.07, 6.45) is 3.99. The third kappa shape index (κ3) is 6.38. The summed E-state index contributed by atoms with van der Waals surface area (Å²) in [6.45, 7) is 6.98. The first kappa shape index (κ1) is 17.4. The number of nitrogens with one attached hydrogen (secondary N) is 2. The normalized spacial score (nSPS) is 13.0. The molecule has 5 heteroatoms. The van der Waals surface area contributed by atoms with Crippen molar-refractivity contribution in [2.24, 2.45) is 5.92 Å². The fourth-order valence-corrected chi connectivity index (χ4v) is 2.44. The average Bonchev–Trinajstić information content (AvgIpc) is 2.54. The van der Waals surface area contributed by atoms with Gasteiger partial charge in [0.05, 0.1) is 0 Å². The van der Waals surface area contributed by atoms with E-state index in [4.69, 9.17) is 9.47 Å². The van der Waals surface area contributed by atoms with Gasteiger partial charge in [-0.1, -0.05) is 19.9 Å². The van der Waals surface area contributed by atoms with E-state index < -0.39 is 0 Å². The van der Waals surface area contributed by atoms with Gasteiger partial charge in [-0.25, -0.2) is 4.79 Å². The van der Waals surface area contributed by atoms with Crippen LogP contribution in [0.4, 0.5) is 4.79 Å². The Bertz CT molecular complexity index is 503. The highest BCUT2D eigenvalue weighted by Crippen LogP contribution is 2.31. The summed E-state index contributed by atoms with van der Waals surface area (Å²) in [5.41, 5.74) is 1.25. The van der Waals surface area contributed by atoms with Gasteiger partial charge in [-0.3, -0.25) is 0 Å². The molecular formula is C18H28N2O3. The van der Waals surface area contributed by atoms with Crippen LogP contribution >= 0.6 is 0 Å². The SMILES string of the molecule is CC(C)CCNC(=O)NCCCCc1ccc2c(c1)OCCO2. The Labute approximate surface area is 138 Å². The van der Waals surface area contributed by atoms with Gasteiger partial charge in [0, 0.05) is 13.1 Å². The van der Waals surface area contributed by atoms with Gasteiger partial charge in [-0.05, 0) is 49.3 Å². The predicted octanol–water partition coefficient (Wildman–Crippen LogP) is 3.13. The lowest BCUT2D eigenvalue weighted by molar-refractivity contribution is 0.171. The molecule has 0 spiro atoms. The van der Waals surface area contributed by atoms with Crippen LogP contribution in [0.25, 0.3) is 0 Å². The summed E-state index contributed by atoms with van der Waals surface area (Å²) in [7, 11) is 0. The zero-order chi connectivity index (χ0) is 16.5. The number of ether oxygens (including phenoxy) is 2. The van der Waals surface area contributed by atoms with Gasteiger partial charge < -0.3 is 20.1 Å². The summed E-state index contributed by atoms with van der Waals surface area (Å²) in [4.78, 5) is 11.6. The van der Waals surface area contributed by atoms with Crippen LogP contribution in [0.15, 0.2) is 18.2 Å². The molecule has 1 heterocycles. The molecule has 0 aromatic heterocycles. The second-order valence-corrected chi connectivity index (χ2v) is 6.30. The zero-order valence-corrected chi connectivity index (χ0v) is 14.2. The molecule has 1 aliphatic rings. The molecule has 0 bridgehead atoms. The van der Waals surface area contributed by atoms with Gasteiger partial charge in [0.2, 0.25) is 0 Å². The van der Waals surface area contributed by atoms with E-state index >= 15 is 0 Å². The second kappa shape index (κ2) is 9.28. The van der Waals surface area contributed by atoms with E-state index in [1.165, 1.54) is 5.56 Å². The smallest absolute Gasteiger partial charge is 0.314 e. The van der Waals surface area contributed by atoms with Gasteiger partial charge in [-0.2, -0.15) is 0 Å². The number of rotatable bonds is 8. The summed E-state index contributed by atoms with van der Waals surface area (Å²) < 4.78 is 11.1. The lowest BCUT2D eigenvalue weighted by atomic mass is 10.1. The van der Waals surface area contributed by atoms with Crippen molar-refractivity contribution in [3.05, 3.63) is 23.8 Å². The van der Waals surface area contributed by atoms with Crippen molar-refractivity contribution in [3.63, 3.8) is 0 Å². The number of hydrogen-bond acceptors (Lipinski definition) is 3. The maximum absolute atomic E-state index is 11.6. The highest BCUT2D eigenvalue weighted by atomic mass is 16.6. The Balaban J connectivity index is 1.58. The number of carbonyl (C=O) groups is 1. The largest absolute Gasteiger partial charge is 0.486 e. The molecule has 1 aliphatic heterocycles. The molecule has 2 rings (SSSR count). The molecule has 0 aliphatic carbocycles. The molecule has 0 fully saturated rings. The van der Waals surface area contributed by atoms with E-state index in [1.807, 2.05) is 6.07 Å². The number of aryl methyl sites for hydroxylation is 1. The summed E-state index contributed by atoms with van der Waals surface area (Å²) in [5, 5.41) is 5.77. The third-order valence-corrected chi connectivity index (χ3v) is 3.79. The number of carbonyl (C=O) groups excluding carboxylic acids is 1. The molecule has 5 nitrogen and oxygen atoms in total. The van der Waals surface area contributed by atoms with Gasteiger partial charge in [-0.15, -0.1) is 0 Å². The minimum Gasteiger partial charge on any atom is -0.486 e. The minimum atomic E-state index is -0.0648. The number of fused-ring (bicyclic) bond motifs is 1. The zero-order valence-electron chi connectivity index (χ0n) is 14.2. The molecule has 0 saturated carbocycles. The fourth-order valence-electron chi connectivity index (χ4n) is 2.44. The third-order valence-electron chi connectivity index (χ3n) is 3.79. The van der Waals surface area contributed by atoms with Crippen LogP contribution in [-0.4, -0.2) is 32.3 Å². The monoisotopic (exact) mass is 320 g/mol. The Kier molecular flexibility index (Phi) is 7.04. The van der Waals surface area contributed by atoms with Crippen LogP contribution in [0.5, 0.6) is 11.5 Å². The van der Waals surface area contributed by atoms with E-state index in [9.17, 15) is 4.79 Å². The molecule has 0 saturated heterocycles. The van der Waals surface area contributed by atoms with Crippen molar-refractivity contribution in [1.82, 2.24) is 10.6 Å². The lowest BCUT2D eigenvalue weighted by Crippen LogP contribution is -2.36. The van der Waals surface area contributed by atoms with Crippen molar-refractivity contribution in [2.75, 3.05) is 26.3 Å². The highest BCUT2D eigenvalue weighted by Gasteiger charge is 2.11. The van der Waals surface area contributed by atoms with E-state index in [-0.39, 0.29) is 6.03 Å². The van der Waals surface area contributed by atoms with E-state index in [2.05, 4.69) is 36.6 Å². The second-order valence-electron chi connectivity index (χ2n) is 6.30. The molecule has 1 aromatic rings. The summed E-state index contributed by atoms with van der Waals surface area (Å²) in [6, 6.07) is 6.05. The number of hydrogen-bond donors (Lipinski definition) is 2. The number of urea groups is 1. The Hall–Kier alpha value is -1.91. The maximum atomic E-state index is 11.6. The molecule has 2 N–H and O–H groups in total. The fraction of sp³-hybridized carbons (Fsp3) is 0.611. The van der Waals surface area contributed by atoms with E-state index in [0.717, 1.165) is 43.7 Å². The quantitative estimate of drug-likeness (QED) is 0.724. The van der Waals surface area contributed by atoms with Gasteiger partial charge in [0.1, 0.15) is 13.2 Å². The first-order valence-corrected chi connectivity index (χ1v) is 8.55. The topological polar surface area (TPSA) is 59.6 Å². The van der Waals surface area contributed by atoms with Crippen molar-refractivity contribution < 1.29 is 14.3 Å². The van der Waals surface area contributed by atoms with Crippen LogP contribution in [0.2, 0.25) is 0 Å². The van der Waals surface area contributed by atoms with Crippen molar-refractivity contribution in [1.29, 1.82) is 0 Å². The van der Waals surface area contributed by atoms with Gasteiger partial charge in [0.25, 0.3) is 0 Å². The van der Waals surface area contributed by atoms with Crippen LogP contribution in [-0.2, 0) is 6.42 Å². The van der Waals surface area contributed by atoms with E-state index in [1.54, 1.807) is 0 Å². The first-order valence-electron chi connectivity index (χ1n) is 8.55. The molecule has 2 amide bonds. The van der Waals surface area contributed by atoms with Crippen LogP contribution in [0.1, 0.15) is 38.7 Å². The number of amides is 2. The Morgan fingerprint density at radius 1 is 1.09 bits per heavy atom. The molecule has 0 unspecified atom stereocenters. The minimum absolute atomic E-state index is 0.0648. The lowest BCUT2D eigenvalue weighted by Gasteiger charge is -2.18. The highest BCUT2D eigenvalue weighted by molar-refractivity contribution is 5.73. The molecule has 0 atom stereocenters. The Morgan fingerprint density at radius 2 is 1.83 bits per heavy atom. The van der Waals surface area contributed by atoms with Crippen LogP contribution < -0.4 is 20.1 Å². The Morgan fingerprint density at radius 3 is 2.61 bits per heavy atom. The van der Waals surface area contributed by atoms with Gasteiger partial charge in [0.15, 0.2) is 11.5 Å². The molecule has 0 radical (unpaired) electrons. The van der Waals surface area contributed by atoms with Crippen molar-refractivity contribution in [2.45, 2.75) is 39.5 Å². The summed E-state index contributed by atoms with van der Waals surface area (Å²) >= 11 is 0. The molecule has 128 valence electrons.